The van der Waals surface area contributed by atoms with Crippen LogP contribution in [0.4, 0.5) is 13.2 Å². The van der Waals surface area contributed by atoms with E-state index in [-0.39, 0.29) is 6.54 Å². The maximum absolute atomic E-state index is 12.7. The summed E-state index contributed by atoms with van der Waals surface area (Å²) < 4.78 is 38.1. The van der Waals surface area contributed by atoms with Crippen molar-refractivity contribution < 1.29 is 18.3 Å². The number of aliphatic hydroxyl groups is 1. The second kappa shape index (κ2) is 7.09. The van der Waals surface area contributed by atoms with Gasteiger partial charge in [0.25, 0.3) is 0 Å². The van der Waals surface area contributed by atoms with Gasteiger partial charge >= 0.3 is 6.18 Å². The summed E-state index contributed by atoms with van der Waals surface area (Å²) >= 11 is 0. The van der Waals surface area contributed by atoms with Crippen molar-refractivity contribution in [1.29, 1.82) is 0 Å². The zero-order valence-corrected chi connectivity index (χ0v) is 11.8. The molecule has 0 aliphatic carbocycles. The molecular weight excluding hydrogens is 267 g/mol. The van der Waals surface area contributed by atoms with E-state index in [9.17, 15) is 18.3 Å². The number of nitrogens with two attached hydrogens (primary N) is 1. The molecule has 2 nitrogen and oxygen atoms in total. The molecule has 0 aliphatic heterocycles. The number of hydrogen-bond acceptors (Lipinski definition) is 2. The summed E-state index contributed by atoms with van der Waals surface area (Å²) in [6.45, 7) is 4.14. The van der Waals surface area contributed by atoms with Crippen LogP contribution in [-0.4, -0.2) is 17.8 Å². The summed E-state index contributed by atoms with van der Waals surface area (Å²) in [5.41, 5.74) is 5.38. The van der Waals surface area contributed by atoms with Crippen LogP contribution in [-0.2, 0) is 6.18 Å². The van der Waals surface area contributed by atoms with Gasteiger partial charge in [-0.1, -0.05) is 38.5 Å². The Morgan fingerprint density at radius 2 is 1.95 bits per heavy atom. The molecule has 0 saturated heterocycles. The molecule has 0 spiro atoms. The number of rotatable bonds is 6. The van der Waals surface area contributed by atoms with Crippen LogP contribution in [0.3, 0.4) is 0 Å². The molecular formula is C15H22F3NO. The fraction of sp³-hybridized carbons (Fsp3) is 0.600. The van der Waals surface area contributed by atoms with Gasteiger partial charge in [0.15, 0.2) is 0 Å². The van der Waals surface area contributed by atoms with E-state index in [1.807, 2.05) is 13.8 Å². The minimum Gasteiger partial charge on any atom is -0.392 e. The van der Waals surface area contributed by atoms with Crippen molar-refractivity contribution in [1.82, 2.24) is 0 Å². The molecule has 1 aromatic rings. The molecule has 0 aromatic heterocycles. The second-order valence-electron chi connectivity index (χ2n) is 5.28. The lowest BCUT2D eigenvalue weighted by atomic mass is 9.87. The maximum Gasteiger partial charge on any atom is 0.416 e. The number of alkyl halides is 3. The van der Waals surface area contributed by atoms with E-state index in [2.05, 4.69) is 0 Å². The highest BCUT2D eigenvalue weighted by Gasteiger charge is 2.31. The predicted molar refractivity (Wildman–Crippen MR) is 73.3 cm³/mol. The second-order valence-corrected chi connectivity index (χ2v) is 5.28. The zero-order valence-electron chi connectivity index (χ0n) is 11.8. The third-order valence-electron chi connectivity index (χ3n) is 3.70. The summed E-state index contributed by atoms with van der Waals surface area (Å²) in [7, 11) is 0. The zero-order chi connectivity index (χ0) is 15.3. The van der Waals surface area contributed by atoms with Crippen molar-refractivity contribution in [2.45, 2.75) is 44.9 Å². The molecule has 0 bridgehead atoms. The molecule has 0 saturated carbocycles. The highest BCUT2D eigenvalue weighted by molar-refractivity contribution is 5.29. The van der Waals surface area contributed by atoms with E-state index >= 15 is 0 Å². The summed E-state index contributed by atoms with van der Waals surface area (Å²) in [4.78, 5) is 0. The minimum atomic E-state index is -4.38. The van der Waals surface area contributed by atoms with Crippen LogP contribution in [0.2, 0.25) is 0 Å². The summed E-state index contributed by atoms with van der Waals surface area (Å²) in [5, 5.41) is 10.2. The van der Waals surface area contributed by atoms with Crippen LogP contribution < -0.4 is 5.73 Å². The summed E-state index contributed by atoms with van der Waals surface area (Å²) in [6, 6.07) is 5.05. The van der Waals surface area contributed by atoms with Crippen LogP contribution in [0.1, 0.15) is 43.7 Å². The quantitative estimate of drug-likeness (QED) is 0.841. The van der Waals surface area contributed by atoms with E-state index in [1.54, 1.807) is 6.07 Å². The molecule has 20 heavy (non-hydrogen) atoms. The highest BCUT2D eigenvalue weighted by atomic mass is 19.4. The van der Waals surface area contributed by atoms with Crippen LogP contribution >= 0.6 is 0 Å². The first-order valence-corrected chi connectivity index (χ1v) is 6.84. The van der Waals surface area contributed by atoms with E-state index in [1.165, 1.54) is 6.07 Å². The van der Waals surface area contributed by atoms with Crippen molar-refractivity contribution in [2.75, 3.05) is 6.54 Å². The predicted octanol–water partition coefficient (Wildman–Crippen LogP) is 3.54. The van der Waals surface area contributed by atoms with E-state index in [0.29, 0.717) is 17.9 Å². The Morgan fingerprint density at radius 3 is 2.45 bits per heavy atom. The normalized spacial score (nSPS) is 16.8. The van der Waals surface area contributed by atoms with Crippen molar-refractivity contribution in [3.63, 3.8) is 0 Å². The van der Waals surface area contributed by atoms with Gasteiger partial charge in [0, 0.05) is 12.5 Å². The molecule has 3 unspecified atom stereocenters. The van der Waals surface area contributed by atoms with Gasteiger partial charge in [-0.3, -0.25) is 0 Å². The first-order chi connectivity index (χ1) is 9.29. The number of hydrogen-bond donors (Lipinski definition) is 2. The standard InChI is InChI=1S/C15H22F3NO/c1-3-10(2)7-14(20)13(9-19)11-5-4-6-12(8-11)15(16,17)18/h4-6,8,10,13-14,20H,3,7,9,19H2,1-2H3. The van der Waals surface area contributed by atoms with Crippen molar-refractivity contribution in [3.8, 4) is 0 Å². The first kappa shape index (κ1) is 17.0. The first-order valence-electron chi connectivity index (χ1n) is 6.84. The summed E-state index contributed by atoms with van der Waals surface area (Å²) in [6.07, 6.45) is -3.65. The molecule has 0 heterocycles. The monoisotopic (exact) mass is 289 g/mol. The van der Waals surface area contributed by atoms with Crippen molar-refractivity contribution >= 4 is 0 Å². The lowest BCUT2D eigenvalue weighted by Gasteiger charge is -2.24. The van der Waals surface area contributed by atoms with Gasteiger partial charge < -0.3 is 10.8 Å². The van der Waals surface area contributed by atoms with E-state index < -0.39 is 23.8 Å². The lowest BCUT2D eigenvalue weighted by molar-refractivity contribution is -0.137. The fourth-order valence-corrected chi connectivity index (χ4v) is 2.20. The van der Waals surface area contributed by atoms with Crippen LogP contribution in [0.5, 0.6) is 0 Å². The average Bonchev–Trinajstić information content (AvgIpc) is 2.38. The Labute approximate surface area is 117 Å². The van der Waals surface area contributed by atoms with Gasteiger partial charge in [0.05, 0.1) is 11.7 Å². The van der Waals surface area contributed by atoms with Gasteiger partial charge in [-0.25, -0.2) is 0 Å². The SMILES string of the molecule is CCC(C)CC(O)C(CN)c1cccc(C(F)(F)F)c1. The Kier molecular flexibility index (Phi) is 6.02. The number of halogens is 3. The molecule has 1 rings (SSSR count). The average molecular weight is 289 g/mol. The Bertz CT molecular complexity index is 420. The third-order valence-corrected chi connectivity index (χ3v) is 3.70. The van der Waals surface area contributed by atoms with Crippen LogP contribution in [0.25, 0.3) is 0 Å². The Morgan fingerprint density at radius 1 is 1.30 bits per heavy atom. The Hall–Kier alpha value is -1.07. The molecule has 1 aromatic carbocycles. The van der Waals surface area contributed by atoms with E-state index in [0.717, 1.165) is 18.6 Å². The molecule has 3 N–H and O–H groups in total. The van der Waals surface area contributed by atoms with Gasteiger partial charge in [-0.2, -0.15) is 13.2 Å². The van der Waals surface area contributed by atoms with Crippen molar-refractivity contribution in [2.24, 2.45) is 11.7 Å². The Balaban J connectivity index is 2.95. The lowest BCUT2D eigenvalue weighted by Crippen LogP contribution is -2.27. The maximum atomic E-state index is 12.7. The molecule has 0 radical (unpaired) electrons. The van der Waals surface area contributed by atoms with E-state index in [4.69, 9.17) is 5.73 Å². The van der Waals surface area contributed by atoms with Crippen molar-refractivity contribution in [3.05, 3.63) is 35.4 Å². The van der Waals surface area contributed by atoms with Crippen LogP contribution in [0.15, 0.2) is 24.3 Å². The van der Waals surface area contributed by atoms with Gasteiger partial charge in [0.1, 0.15) is 0 Å². The minimum absolute atomic E-state index is 0.124. The smallest absolute Gasteiger partial charge is 0.392 e. The molecule has 0 aliphatic rings. The largest absolute Gasteiger partial charge is 0.416 e. The highest BCUT2D eigenvalue weighted by Crippen LogP contribution is 2.32. The molecule has 5 heteroatoms. The topological polar surface area (TPSA) is 46.2 Å². The van der Waals surface area contributed by atoms with Gasteiger partial charge in [0.2, 0.25) is 0 Å². The summed E-state index contributed by atoms with van der Waals surface area (Å²) in [5.74, 6) is -0.156. The van der Waals surface area contributed by atoms with Crippen LogP contribution in [0, 0.1) is 5.92 Å². The number of benzene rings is 1. The third kappa shape index (κ3) is 4.49. The number of aliphatic hydroxyl groups excluding tert-OH is 1. The molecule has 3 atom stereocenters. The molecule has 0 amide bonds. The molecule has 0 fully saturated rings. The van der Waals surface area contributed by atoms with Gasteiger partial charge in [-0.05, 0) is 24.0 Å². The fourth-order valence-electron chi connectivity index (χ4n) is 2.20. The van der Waals surface area contributed by atoms with Gasteiger partial charge in [-0.15, -0.1) is 0 Å². The molecule has 114 valence electrons.